The van der Waals surface area contributed by atoms with Crippen molar-refractivity contribution in [3.05, 3.63) is 71.0 Å². The molecular weight excluding hydrogens is 392 g/mol. The number of carbonyl (C=O) groups is 1. The van der Waals surface area contributed by atoms with Crippen molar-refractivity contribution >= 4 is 5.91 Å². The van der Waals surface area contributed by atoms with E-state index in [1.54, 1.807) is 31.3 Å². The lowest BCUT2D eigenvalue weighted by atomic mass is 9.99. The number of aromatic nitrogens is 2. The Bertz CT molecular complexity index is 1080. The van der Waals surface area contributed by atoms with Gasteiger partial charge in [-0.15, -0.1) is 0 Å². The Hall–Kier alpha value is -3.32. The number of rotatable bonds is 7. The van der Waals surface area contributed by atoms with Gasteiger partial charge in [0.1, 0.15) is 0 Å². The van der Waals surface area contributed by atoms with E-state index < -0.39 is 0 Å². The number of hydrogen-bond donors (Lipinski definition) is 1. The molecule has 3 aromatic rings. The standard InChI is InChI=1S/C24H28N4O3/c1-17-6-4-5-7-21(17)28-16-20(14-26-28)24(29)25-9-11-27-10-8-18-12-22(30-2)23(31-3)13-19(18)15-27/h4-7,12-14,16H,8-11,15H2,1-3H3,(H,25,29). The Kier molecular flexibility index (Phi) is 6.23. The van der Waals surface area contributed by atoms with Crippen LogP contribution in [0.5, 0.6) is 11.5 Å². The van der Waals surface area contributed by atoms with E-state index in [4.69, 9.17) is 9.47 Å². The highest BCUT2D eigenvalue weighted by atomic mass is 16.5. The van der Waals surface area contributed by atoms with Crippen LogP contribution in [0.2, 0.25) is 0 Å². The number of aryl methyl sites for hydroxylation is 1. The summed E-state index contributed by atoms with van der Waals surface area (Å²) < 4.78 is 12.6. The number of hydrogen-bond acceptors (Lipinski definition) is 5. The predicted molar refractivity (Wildman–Crippen MR) is 119 cm³/mol. The van der Waals surface area contributed by atoms with Gasteiger partial charge in [0.2, 0.25) is 0 Å². The molecule has 1 aromatic heterocycles. The lowest BCUT2D eigenvalue weighted by molar-refractivity contribution is 0.0947. The summed E-state index contributed by atoms with van der Waals surface area (Å²) in [5.74, 6) is 1.42. The van der Waals surface area contributed by atoms with Crippen molar-refractivity contribution < 1.29 is 14.3 Å². The molecule has 162 valence electrons. The number of methoxy groups -OCH3 is 2. The van der Waals surface area contributed by atoms with Crippen LogP contribution >= 0.6 is 0 Å². The largest absolute Gasteiger partial charge is 0.493 e. The number of fused-ring (bicyclic) bond motifs is 1. The van der Waals surface area contributed by atoms with Crippen molar-refractivity contribution in [1.82, 2.24) is 20.0 Å². The van der Waals surface area contributed by atoms with Gasteiger partial charge in [0.25, 0.3) is 5.91 Å². The van der Waals surface area contributed by atoms with Crippen molar-refractivity contribution in [2.24, 2.45) is 0 Å². The number of benzene rings is 2. The molecule has 4 rings (SSSR count). The van der Waals surface area contributed by atoms with Gasteiger partial charge in [0, 0.05) is 32.4 Å². The maximum absolute atomic E-state index is 12.6. The van der Waals surface area contributed by atoms with Crippen LogP contribution in [0.15, 0.2) is 48.8 Å². The SMILES string of the molecule is COc1cc2c(cc1OC)CN(CCNC(=O)c1cnn(-c3ccccc3C)c1)CC2. The molecule has 0 unspecified atom stereocenters. The molecule has 1 aliphatic heterocycles. The molecule has 0 saturated carbocycles. The zero-order valence-corrected chi connectivity index (χ0v) is 18.2. The quantitative estimate of drug-likeness (QED) is 0.636. The van der Waals surface area contributed by atoms with Gasteiger partial charge < -0.3 is 14.8 Å². The van der Waals surface area contributed by atoms with Crippen LogP contribution in [0.3, 0.4) is 0 Å². The highest BCUT2D eigenvalue weighted by molar-refractivity contribution is 5.93. The maximum atomic E-state index is 12.6. The number of nitrogens with one attached hydrogen (secondary N) is 1. The second-order valence-electron chi connectivity index (χ2n) is 7.72. The second kappa shape index (κ2) is 9.22. The van der Waals surface area contributed by atoms with Gasteiger partial charge in [-0.25, -0.2) is 4.68 Å². The normalized spacial score (nSPS) is 13.5. The Balaban J connectivity index is 1.32. The number of carbonyl (C=O) groups excluding carboxylic acids is 1. The first-order valence-corrected chi connectivity index (χ1v) is 10.4. The lowest BCUT2D eigenvalue weighted by Crippen LogP contribution is -2.37. The third kappa shape index (κ3) is 4.56. The molecular formula is C24H28N4O3. The Labute approximate surface area is 182 Å². The molecule has 7 heteroatoms. The topological polar surface area (TPSA) is 68.6 Å². The third-order valence-corrected chi connectivity index (χ3v) is 5.72. The van der Waals surface area contributed by atoms with E-state index in [1.165, 1.54) is 11.1 Å². The summed E-state index contributed by atoms with van der Waals surface area (Å²) in [6.07, 6.45) is 4.33. The first kappa shape index (κ1) is 20.9. The van der Waals surface area contributed by atoms with Crippen molar-refractivity contribution in [1.29, 1.82) is 0 Å². The maximum Gasteiger partial charge on any atom is 0.254 e. The third-order valence-electron chi connectivity index (χ3n) is 5.72. The highest BCUT2D eigenvalue weighted by Crippen LogP contribution is 2.33. The Morgan fingerprint density at radius 2 is 1.87 bits per heavy atom. The summed E-state index contributed by atoms with van der Waals surface area (Å²) in [7, 11) is 3.31. The first-order valence-electron chi connectivity index (χ1n) is 10.4. The molecule has 0 aliphatic carbocycles. The molecule has 1 amide bonds. The fourth-order valence-corrected chi connectivity index (χ4v) is 3.95. The monoisotopic (exact) mass is 420 g/mol. The smallest absolute Gasteiger partial charge is 0.254 e. The van der Waals surface area contributed by atoms with E-state index in [-0.39, 0.29) is 5.91 Å². The molecule has 0 saturated heterocycles. The molecule has 0 bridgehead atoms. The predicted octanol–water partition coefficient (Wildman–Crippen LogP) is 2.99. The summed E-state index contributed by atoms with van der Waals surface area (Å²) >= 11 is 0. The molecule has 0 atom stereocenters. The summed E-state index contributed by atoms with van der Waals surface area (Å²) in [5, 5.41) is 7.36. The van der Waals surface area contributed by atoms with Crippen molar-refractivity contribution in [2.75, 3.05) is 33.9 Å². The average molecular weight is 421 g/mol. The molecule has 1 aliphatic rings. The van der Waals surface area contributed by atoms with Crippen molar-refractivity contribution in [3.63, 3.8) is 0 Å². The Morgan fingerprint density at radius 1 is 1.13 bits per heavy atom. The molecule has 7 nitrogen and oxygen atoms in total. The summed E-state index contributed by atoms with van der Waals surface area (Å²) in [5.41, 5.74) is 5.18. The van der Waals surface area contributed by atoms with E-state index in [2.05, 4.69) is 27.4 Å². The van der Waals surface area contributed by atoms with Gasteiger partial charge in [-0.3, -0.25) is 9.69 Å². The number of ether oxygens (including phenoxy) is 2. The van der Waals surface area contributed by atoms with Gasteiger partial charge in [-0.2, -0.15) is 5.10 Å². The molecule has 0 spiro atoms. The summed E-state index contributed by atoms with van der Waals surface area (Å²) in [4.78, 5) is 14.9. The van der Waals surface area contributed by atoms with Gasteiger partial charge >= 0.3 is 0 Å². The number of nitrogens with zero attached hydrogens (tertiary/aromatic N) is 3. The van der Waals surface area contributed by atoms with Crippen molar-refractivity contribution in [3.8, 4) is 17.2 Å². The van der Waals surface area contributed by atoms with Gasteiger partial charge in [0.15, 0.2) is 11.5 Å². The van der Waals surface area contributed by atoms with E-state index in [9.17, 15) is 4.79 Å². The lowest BCUT2D eigenvalue weighted by Gasteiger charge is -2.29. The minimum absolute atomic E-state index is 0.108. The summed E-state index contributed by atoms with van der Waals surface area (Å²) in [6, 6.07) is 12.1. The van der Waals surface area contributed by atoms with Gasteiger partial charge in [-0.05, 0) is 48.2 Å². The number of amides is 1. The zero-order valence-electron chi connectivity index (χ0n) is 18.2. The first-order chi connectivity index (χ1) is 15.1. The molecule has 0 fully saturated rings. The summed E-state index contributed by atoms with van der Waals surface area (Å²) in [6.45, 7) is 5.17. The van der Waals surface area contributed by atoms with Gasteiger partial charge in [-0.1, -0.05) is 18.2 Å². The van der Waals surface area contributed by atoms with Crippen LogP contribution in [-0.2, 0) is 13.0 Å². The van der Waals surface area contributed by atoms with E-state index in [0.29, 0.717) is 12.1 Å². The van der Waals surface area contributed by atoms with Crippen LogP contribution in [0.4, 0.5) is 0 Å². The molecule has 2 aromatic carbocycles. The van der Waals surface area contributed by atoms with E-state index in [1.807, 2.05) is 31.2 Å². The van der Waals surface area contributed by atoms with Gasteiger partial charge in [0.05, 0.1) is 31.7 Å². The van der Waals surface area contributed by atoms with Crippen LogP contribution in [0, 0.1) is 6.92 Å². The number of para-hydroxylation sites is 1. The highest BCUT2D eigenvalue weighted by Gasteiger charge is 2.19. The fraction of sp³-hybridized carbons (Fsp3) is 0.333. The van der Waals surface area contributed by atoms with E-state index >= 15 is 0 Å². The zero-order chi connectivity index (χ0) is 21.8. The Morgan fingerprint density at radius 3 is 2.61 bits per heavy atom. The van der Waals surface area contributed by atoms with Crippen LogP contribution in [-0.4, -0.2) is 54.4 Å². The molecule has 1 N–H and O–H groups in total. The minimum Gasteiger partial charge on any atom is -0.493 e. The second-order valence-corrected chi connectivity index (χ2v) is 7.72. The molecule has 0 radical (unpaired) electrons. The molecule has 2 heterocycles. The van der Waals surface area contributed by atoms with E-state index in [0.717, 1.165) is 48.8 Å². The van der Waals surface area contributed by atoms with Crippen LogP contribution in [0.1, 0.15) is 27.0 Å². The molecule has 31 heavy (non-hydrogen) atoms. The van der Waals surface area contributed by atoms with Crippen LogP contribution in [0.25, 0.3) is 5.69 Å². The van der Waals surface area contributed by atoms with Crippen molar-refractivity contribution in [2.45, 2.75) is 19.9 Å². The minimum atomic E-state index is -0.108. The van der Waals surface area contributed by atoms with Crippen LogP contribution < -0.4 is 14.8 Å². The fourth-order valence-electron chi connectivity index (χ4n) is 3.95. The average Bonchev–Trinajstić information content (AvgIpc) is 3.28.